The van der Waals surface area contributed by atoms with Gasteiger partial charge in [0.15, 0.2) is 6.04 Å². The van der Waals surface area contributed by atoms with Crippen molar-refractivity contribution in [3.8, 4) is 5.75 Å². The molecule has 1 heterocycles. The molecule has 0 aliphatic heterocycles. The summed E-state index contributed by atoms with van der Waals surface area (Å²) < 4.78 is 6.82. The minimum Gasteiger partial charge on any atom is -0.508 e. The number of aromatic nitrogens is 2. The van der Waals surface area contributed by atoms with E-state index in [1.54, 1.807) is 23.0 Å². The van der Waals surface area contributed by atoms with Gasteiger partial charge in [-0.1, -0.05) is 30.3 Å². The summed E-state index contributed by atoms with van der Waals surface area (Å²) in [5.41, 5.74) is 1.75. The van der Waals surface area contributed by atoms with Crippen molar-refractivity contribution in [1.29, 1.82) is 0 Å². The van der Waals surface area contributed by atoms with Crippen molar-refractivity contribution in [2.45, 2.75) is 19.4 Å². The summed E-state index contributed by atoms with van der Waals surface area (Å²) in [6.07, 6.45) is 2.45. The molecule has 3 rings (SSSR count). The molecule has 0 saturated carbocycles. The monoisotopic (exact) mass is 339 g/mol. The highest BCUT2D eigenvalue weighted by molar-refractivity contribution is 5.98. The molecule has 0 saturated heterocycles. The van der Waals surface area contributed by atoms with Crippen LogP contribution in [-0.2, 0) is 6.42 Å². The third-order valence-corrected chi connectivity index (χ3v) is 3.67. The van der Waals surface area contributed by atoms with Gasteiger partial charge in [-0.15, -0.1) is 0 Å². The van der Waals surface area contributed by atoms with E-state index in [-0.39, 0.29) is 17.7 Å². The average Bonchev–Trinajstić information content (AvgIpc) is 3.06. The quantitative estimate of drug-likeness (QED) is 0.492. The fourth-order valence-electron chi connectivity index (χ4n) is 2.39. The minimum atomic E-state index is -0.454. The SMILES string of the molecule is CC(Cc1ccccc1)[n+]1cc(NC(=O)Nc2ccc(O)cc2)on1. The lowest BCUT2D eigenvalue weighted by Gasteiger charge is -2.04. The number of nitrogens with zero attached hydrogens (tertiary/aromatic N) is 2. The summed E-state index contributed by atoms with van der Waals surface area (Å²) in [6, 6.07) is 15.9. The van der Waals surface area contributed by atoms with Crippen LogP contribution in [0.4, 0.5) is 16.4 Å². The van der Waals surface area contributed by atoms with Crippen LogP contribution >= 0.6 is 0 Å². The van der Waals surface area contributed by atoms with E-state index in [0.29, 0.717) is 5.69 Å². The van der Waals surface area contributed by atoms with E-state index in [4.69, 9.17) is 4.52 Å². The first-order chi connectivity index (χ1) is 12.1. The molecule has 0 fully saturated rings. The van der Waals surface area contributed by atoms with Crippen LogP contribution in [0.1, 0.15) is 18.5 Å². The summed E-state index contributed by atoms with van der Waals surface area (Å²) in [6.45, 7) is 2.02. The number of urea groups is 1. The Morgan fingerprint density at radius 3 is 2.60 bits per heavy atom. The zero-order chi connectivity index (χ0) is 17.6. The Kier molecular flexibility index (Phi) is 4.94. The van der Waals surface area contributed by atoms with Crippen molar-refractivity contribution in [2.24, 2.45) is 0 Å². The van der Waals surface area contributed by atoms with Gasteiger partial charge in [-0.25, -0.2) is 4.79 Å². The number of hydrogen-bond donors (Lipinski definition) is 3. The molecule has 3 N–H and O–H groups in total. The Bertz CT molecular complexity index is 831. The summed E-state index contributed by atoms with van der Waals surface area (Å²) in [5, 5.41) is 18.4. The van der Waals surface area contributed by atoms with E-state index >= 15 is 0 Å². The predicted molar refractivity (Wildman–Crippen MR) is 92.3 cm³/mol. The van der Waals surface area contributed by atoms with Crippen molar-refractivity contribution in [2.75, 3.05) is 10.6 Å². The molecule has 1 aromatic heterocycles. The Labute approximate surface area is 144 Å². The molecule has 7 nitrogen and oxygen atoms in total. The van der Waals surface area contributed by atoms with Gasteiger partial charge in [0, 0.05) is 19.0 Å². The number of aromatic hydroxyl groups is 1. The van der Waals surface area contributed by atoms with Crippen molar-refractivity contribution in [3.05, 3.63) is 66.4 Å². The first-order valence-corrected chi connectivity index (χ1v) is 7.89. The average molecular weight is 339 g/mol. The normalized spacial score (nSPS) is 11.7. The lowest BCUT2D eigenvalue weighted by atomic mass is 10.1. The maximum absolute atomic E-state index is 12.0. The first kappa shape index (κ1) is 16.5. The van der Waals surface area contributed by atoms with Gasteiger partial charge >= 0.3 is 11.9 Å². The maximum atomic E-state index is 12.0. The Balaban J connectivity index is 1.57. The van der Waals surface area contributed by atoms with Crippen LogP contribution in [0.2, 0.25) is 0 Å². The third-order valence-electron chi connectivity index (χ3n) is 3.67. The number of phenols is 1. The molecule has 128 valence electrons. The molecular weight excluding hydrogens is 320 g/mol. The van der Waals surface area contributed by atoms with Gasteiger partial charge in [0.2, 0.25) is 5.27 Å². The van der Waals surface area contributed by atoms with E-state index in [0.717, 1.165) is 6.42 Å². The van der Waals surface area contributed by atoms with Crippen LogP contribution in [0.3, 0.4) is 0 Å². The van der Waals surface area contributed by atoms with Crippen LogP contribution in [0.25, 0.3) is 0 Å². The zero-order valence-electron chi connectivity index (χ0n) is 13.7. The lowest BCUT2D eigenvalue weighted by Crippen LogP contribution is -2.40. The van der Waals surface area contributed by atoms with Crippen molar-refractivity contribution in [1.82, 2.24) is 5.27 Å². The van der Waals surface area contributed by atoms with E-state index < -0.39 is 6.03 Å². The highest BCUT2D eigenvalue weighted by Crippen LogP contribution is 2.14. The molecule has 7 heteroatoms. The molecule has 25 heavy (non-hydrogen) atoms. The van der Waals surface area contributed by atoms with Gasteiger partial charge < -0.3 is 10.4 Å². The number of nitrogens with one attached hydrogen (secondary N) is 2. The Morgan fingerprint density at radius 1 is 1.16 bits per heavy atom. The molecule has 0 aliphatic carbocycles. The molecular formula is C18H19N4O3+. The topological polar surface area (TPSA) is 91.3 Å². The third kappa shape index (κ3) is 4.57. The Morgan fingerprint density at radius 2 is 1.88 bits per heavy atom. The van der Waals surface area contributed by atoms with Gasteiger partial charge in [0.05, 0.1) is 0 Å². The minimum absolute atomic E-state index is 0.0851. The smallest absolute Gasteiger partial charge is 0.326 e. The molecule has 1 unspecified atom stereocenters. The summed E-state index contributed by atoms with van der Waals surface area (Å²) in [5.74, 6) is 0.380. The van der Waals surface area contributed by atoms with Gasteiger partial charge in [-0.3, -0.25) is 9.84 Å². The number of phenolic OH excluding ortho intramolecular Hbond substituents is 1. The number of rotatable bonds is 5. The second-order valence-electron chi connectivity index (χ2n) is 5.71. The molecule has 0 spiro atoms. The van der Waals surface area contributed by atoms with Crippen molar-refractivity contribution in [3.63, 3.8) is 0 Å². The Hall–Kier alpha value is -3.35. The van der Waals surface area contributed by atoms with Crippen molar-refractivity contribution >= 4 is 17.6 Å². The maximum Gasteiger partial charge on any atom is 0.326 e. The lowest BCUT2D eigenvalue weighted by molar-refractivity contribution is -0.782. The van der Waals surface area contributed by atoms with Gasteiger partial charge in [0.1, 0.15) is 5.75 Å². The van der Waals surface area contributed by atoms with Crippen LogP contribution in [0.15, 0.2) is 65.3 Å². The first-order valence-electron chi connectivity index (χ1n) is 7.89. The zero-order valence-corrected chi connectivity index (χ0v) is 13.7. The second-order valence-corrected chi connectivity index (χ2v) is 5.71. The summed E-state index contributed by atoms with van der Waals surface area (Å²) in [4.78, 5) is 12.0. The number of hydrogen-bond acceptors (Lipinski definition) is 4. The number of amides is 2. The fourth-order valence-corrected chi connectivity index (χ4v) is 2.39. The van der Waals surface area contributed by atoms with E-state index in [9.17, 15) is 9.90 Å². The van der Waals surface area contributed by atoms with Crippen LogP contribution in [0, 0.1) is 0 Å². The van der Waals surface area contributed by atoms with E-state index in [1.807, 2.05) is 25.1 Å². The molecule has 1 atom stereocenters. The molecule has 3 aromatic rings. The van der Waals surface area contributed by atoms with Crippen LogP contribution in [0.5, 0.6) is 5.75 Å². The molecule has 0 radical (unpaired) electrons. The van der Waals surface area contributed by atoms with Crippen LogP contribution < -0.4 is 15.3 Å². The highest BCUT2D eigenvalue weighted by Gasteiger charge is 2.21. The number of carbonyl (C=O) groups excluding carboxylic acids is 1. The van der Waals surface area contributed by atoms with Gasteiger partial charge in [-0.05, 0) is 34.5 Å². The number of anilines is 2. The van der Waals surface area contributed by atoms with Gasteiger partial charge in [-0.2, -0.15) is 0 Å². The fraction of sp³-hybridized carbons (Fsp3) is 0.167. The largest absolute Gasteiger partial charge is 0.508 e. The predicted octanol–water partition coefficient (Wildman–Crippen LogP) is 3.12. The molecule has 0 aliphatic rings. The number of carbonyl (C=O) groups is 1. The summed E-state index contributed by atoms with van der Waals surface area (Å²) in [7, 11) is 0. The standard InChI is InChI=1S/C18H18N4O3/c1-13(11-14-5-3-2-4-6-14)22-12-17(25-21-22)20-18(24)19-15-7-9-16(23)10-8-15/h2-10,12-13,21H,11H2,1H3,(H,20,24)/p+1. The summed E-state index contributed by atoms with van der Waals surface area (Å²) >= 11 is 0. The highest BCUT2D eigenvalue weighted by atomic mass is 16.5. The number of benzene rings is 2. The second kappa shape index (κ2) is 7.48. The van der Waals surface area contributed by atoms with Gasteiger partial charge in [0.25, 0.3) is 6.20 Å². The van der Waals surface area contributed by atoms with E-state index in [2.05, 4.69) is 28.0 Å². The molecule has 2 amide bonds. The molecule has 2 aromatic carbocycles. The molecule has 0 bridgehead atoms. The van der Waals surface area contributed by atoms with E-state index in [1.165, 1.54) is 17.7 Å². The van der Waals surface area contributed by atoms with Crippen LogP contribution in [-0.4, -0.2) is 16.4 Å². The van der Waals surface area contributed by atoms with Crippen molar-refractivity contribution < 1.29 is 19.1 Å².